The van der Waals surface area contributed by atoms with Crippen molar-refractivity contribution >= 4 is 10.0 Å². The minimum atomic E-state index is -4.34. The first-order valence-corrected chi connectivity index (χ1v) is 11.5. The largest absolute Gasteiger partial charge is 0.416 e. The summed E-state index contributed by atoms with van der Waals surface area (Å²) >= 11 is 0. The zero-order valence-electron chi connectivity index (χ0n) is 16.9. The van der Waals surface area contributed by atoms with Crippen molar-refractivity contribution in [3.8, 4) is 0 Å². The fourth-order valence-electron chi connectivity index (χ4n) is 3.87. The van der Waals surface area contributed by atoms with E-state index >= 15 is 0 Å². The maximum Gasteiger partial charge on any atom is 0.416 e. The summed E-state index contributed by atoms with van der Waals surface area (Å²) in [6.07, 6.45) is -1.09. The van der Waals surface area contributed by atoms with E-state index in [-0.39, 0.29) is 17.7 Å². The minimum Gasteiger partial charge on any atom is -0.299 e. The van der Waals surface area contributed by atoms with Gasteiger partial charge in [-0.25, -0.2) is 12.7 Å². The molecule has 0 spiro atoms. The lowest BCUT2D eigenvalue weighted by Crippen LogP contribution is -2.46. The van der Waals surface area contributed by atoms with Crippen LogP contribution in [-0.4, -0.2) is 49.6 Å². The first kappa shape index (κ1) is 23.2. The Morgan fingerprint density at radius 3 is 2.46 bits per heavy atom. The monoisotopic (exact) mass is 420 g/mol. The Hall–Kier alpha value is -1.12. The van der Waals surface area contributed by atoms with Crippen molar-refractivity contribution in [1.82, 2.24) is 9.21 Å². The number of benzene rings is 1. The van der Waals surface area contributed by atoms with Crippen molar-refractivity contribution in [2.75, 3.05) is 25.9 Å². The summed E-state index contributed by atoms with van der Waals surface area (Å²) in [5.41, 5.74) is -0.0266. The Morgan fingerprint density at radius 1 is 1.25 bits per heavy atom. The summed E-state index contributed by atoms with van der Waals surface area (Å²) < 4.78 is 65.4. The first-order chi connectivity index (χ1) is 13.0. The highest BCUT2D eigenvalue weighted by Crippen LogP contribution is 2.30. The average molecular weight is 421 g/mol. The molecule has 1 aromatic carbocycles. The lowest BCUT2D eigenvalue weighted by molar-refractivity contribution is -0.137. The summed E-state index contributed by atoms with van der Waals surface area (Å²) in [5, 5.41) is 0. The van der Waals surface area contributed by atoms with Crippen LogP contribution in [0.4, 0.5) is 13.2 Å². The molecule has 1 saturated heterocycles. The second-order valence-corrected chi connectivity index (χ2v) is 9.93. The molecule has 1 unspecified atom stereocenters. The number of nitrogens with zero attached hydrogens (tertiary/aromatic N) is 2. The second kappa shape index (κ2) is 9.59. The Bertz CT molecular complexity index is 729. The van der Waals surface area contributed by atoms with Crippen LogP contribution in [0.5, 0.6) is 0 Å². The molecule has 8 heteroatoms. The molecule has 1 aliphatic rings. The smallest absolute Gasteiger partial charge is 0.299 e. The van der Waals surface area contributed by atoms with Gasteiger partial charge in [-0.05, 0) is 43.9 Å². The van der Waals surface area contributed by atoms with Crippen LogP contribution in [0, 0.1) is 5.92 Å². The van der Waals surface area contributed by atoms with Gasteiger partial charge in [-0.3, -0.25) is 4.90 Å². The highest BCUT2D eigenvalue weighted by molar-refractivity contribution is 7.89. The molecule has 1 heterocycles. The third-order valence-electron chi connectivity index (χ3n) is 5.40. The van der Waals surface area contributed by atoms with Crippen LogP contribution < -0.4 is 0 Å². The number of rotatable bonds is 8. The van der Waals surface area contributed by atoms with Crippen molar-refractivity contribution in [2.45, 2.75) is 58.3 Å². The van der Waals surface area contributed by atoms with Gasteiger partial charge in [0.15, 0.2) is 0 Å². The Morgan fingerprint density at radius 2 is 1.89 bits per heavy atom. The van der Waals surface area contributed by atoms with Gasteiger partial charge < -0.3 is 0 Å². The van der Waals surface area contributed by atoms with Gasteiger partial charge in [-0.15, -0.1) is 0 Å². The molecule has 1 aromatic rings. The highest BCUT2D eigenvalue weighted by atomic mass is 32.2. The van der Waals surface area contributed by atoms with E-state index in [0.717, 1.165) is 18.9 Å². The van der Waals surface area contributed by atoms with Crippen LogP contribution in [-0.2, 0) is 22.7 Å². The van der Waals surface area contributed by atoms with Crippen molar-refractivity contribution in [1.29, 1.82) is 0 Å². The number of sulfonamides is 1. The molecule has 0 radical (unpaired) electrons. The zero-order valence-corrected chi connectivity index (χ0v) is 17.7. The van der Waals surface area contributed by atoms with Crippen molar-refractivity contribution in [2.24, 2.45) is 5.92 Å². The van der Waals surface area contributed by atoms with E-state index in [4.69, 9.17) is 0 Å². The third-order valence-corrected chi connectivity index (χ3v) is 7.55. The summed E-state index contributed by atoms with van der Waals surface area (Å²) in [4.78, 5) is 2.03. The van der Waals surface area contributed by atoms with Crippen molar-refractivity contribution in [3.63, 3.8) is 0 Å². The lowest BCUT2D eigenvalue weighted by Gasteiger charge is -2.36. The van der Waals surface area contributed by atoms with Crippen molar-refractivity contribution < 1.29 is 21.6 Å². The van der Waals surface area contributed by atoms with E-state index in [2.05, 4.69) is 6.92 Å². The van der Waals surface area contributed by atoms with Crippen LogP contribution in [0.15, 0.2) is 24.3 Å². The summed E-state index contributed by atoms with van der Waals surface area (Å²) in [5.74, 6) is 0.335. The molecule has 160 valence electrons. The molecule has 0 N–H and O–H groups in total. The number of alkyl halides is 3. The van der Waals surface area contributed by atoms with E-state index in [1.807, 2.05) is 18.9 Å². The Labute approximate surface area is 166 Å². The fraction of sp³-hybridized carbons (Fsp3) is 0.700. The third kappa shape index (κ3) is 6.46. The standard InChI is InChI=1S/C20H31F3N2O2S/c1-4-6-16(2)15-28(26,27)25-11-9-19(10-12-25)24(3)14-17-7-5-8-18(13-17)20(21,22)23/h5,7-8,13,16,19H,4,6,9-12,14-15H2,1-3H3. The zero-order chi connectivity index (χ0) is 20.9. The summed E-state index contributed by atoms with van der Waals surface area (Å²) in [7, 11) is -1.36. The predicted molar refractivity (Wildman–Crippen MR) is 105 cm³/mol. The Balaban J connectivity index is 1.91. The molecule has 0 aliphatic carbocycles. The number of hydrogen-bond donors (Lipinski definition) is 0. The van der Waals surface area contributed by atoms with Gasteiger partial charge in [-0.1, -0.05) is 38.5 Å². The van der Waals surface area contributed by atoms with Gasteiger partial charge in [-0.2, -0.15) is 13.2 Å². The molecule has 0 bridgehead atoms. The van der Waals surface area contributed by atoms with E-state index in [0.29, 0.717) is 38.0 Å². The van der Waals surface area contributed by atoms with Gasteiger partial charge >= 0.3 is 6.18 Å². The summed E-state index contributed by atoms with van der Waals surface area (Å²) in [6, 6.07) is 5.55. The number of hydrogen-bond acceptors (Lipinski definition) is 3. The second-order valence-electron chi connectivity index (χ2n) is 7.92. The molecule has 0 amide bonds. The lowest BCUT2D eigenvalue weighted by atomic mass is 10.0. The molecule has 0 aromatic heterocycles. The van der Waals surface area contributed by atoms with E-state index in [1.54, 1.807) is 10.4 Å². The van der Waals surface area contributed by atoms with Gasteiger partial charge in [0.05, 0.1) is 11.3 Å². The molecule has 1 aliphatic heterocycles. The van der Waals surface area contributed by atoms with Gasteiger partial charge in [0.25, 0.3) is 0 Å². The van der Waals surface area contributed by atoms with Gasteiger partial charge in [0.1, 0.15) is 0 Å². The molecule has 4 nitrogen and oxygen atoms in total. The van der Waals surface area contributed by atoms with E-state index in [9.17, 15) is 21.6 Å². The minimum absolute atomic E-state index is 0.149. The SMILES string of the molecule is CCCC(C)CS(=O)(=O)N1CCC(N(C)Cc2cccc(C(F)(F)F)c2)CC1. The molecule has 0 saturated carbocycles. The predicted octanol–water partition coefficient (Wildman–Crippen LogP) is 4.37. The molecular weight excluding hydrogens is 389 g/mol. The molecule has 28 heavy (non-hydrogen) atoms. The maximum atomic E-state index is 12.9. The number of piperidine rings is 1. The van der Waals surface area contributed by atoms with Crippen LogP contribution in [0.2, 0.25) is 0 Å². The first-order valence-electron chi connectivity index (χ1n) is 9.87. The maximum absolute atomic E-state index is 12.9. The summed E-state index contributed by atoms with van der Waals surface area (Å²) in [6.45, 7) is 5.37. The molecular formula is C20H31F3N2O2S. The van der Waals surface area contributed by atoms with Crippen molar-refractivity contribution in [3.05, 3.63) is 35.4 Å². The van der Waals surface area contributed by atoms with Gasteiger partial charge in [0.2, 0.25) is 10.0 Å². The quantitative estimate of drug-likeness (QED) is 0.627. The van der Waals surface area contributed by atoms with Crippen LogP contribution in [0.25, 0.3) is 0 Å². The fourth-order valence-corrected chi connectivity index (χ4v) is 5.73. The number of halogens is 3. The van der Waals surface area contributed by atoms with Crippen LogP contribution >= 0.6 is 0 Å². The van der Waals surface area contributed by atoms with Crippen LogP contribution in [0.3, 0.4) is 0 Å². The molecule has 2 rings (SSSR count). The van der Waals surface area contributed by atoms with E-state index in [1.165, 1.54) is 12.1 Å². The molecule has 1 atom stereocenters. The highest BCUT2D eigenvalue weighted by Gasteiger charge is 2.32. The average Bonchev–Trinajstić information content (AvgIpc) is 2.61. The Kier molecular flexibility index (Phi) is 7.93. The topological polar surface area (TPSA) is 40.6 Å². The normalized spacial score (nSPS) is 18.5. The van der Waals surface area contributed by atoms with Gasteiger partial charge in [0, 0.05) is 25.7 Å². The van der Waals surface area contributed by atoms with Crippen LogP contribution in [0.1, 0.15) is 50.7 Å². The molecule has 1 fully saturated rings. The van der Waals surface area contributed by atoms with E-state index < -0.39 is 21.8 Å².